The Kier molecular flexibility index (Phi) is 7.94. The lowest BCUT2D eigenvalue weighted by atomic mass is 10.1. The van der Waals surface area contributed by atoms with Gasteiger partial charge < -0.3 is 10.6 Å². The molecule has 0 spiro atoms. The quantitative estimate of drug-likeness (QED) is 0.493. The van der Waals surface area contributed by atoms with E-state index in [-0.39, 0.29) is 29.5 Å². The van der Waals surface area contributed by atoms with Crippen molar-refractivity contribution < 1.29 is 18.9 Å². The molecular weight excluding hydrogens is 385 g/mol. The number of halogens is 1. The second-order valence-electron chi connectivity index (χ2n) is 5.96. The number of amides is 2. The van der Waals surface area contributed by atoms with Crippen molar-refractivity contribution >= 4 is 29.3 Å². The first-order chi connectivity index (χ1) is 13.4. The van der Waals surface area contributed by atoms with Crippen LogP contribution in [0.15, 0.2) is 48.5 Å². The highest BCUT2D eigenvalue weighted by atomic mass is 32.2. The van der Waals surface area contributed by atoms with E-state index in [9.17, 15) is 24.1 Å². The number of nitro benzene ring substituents is 1. The molecule has 2 aromatic carbocycles. The zero-order valence-corrected chi connectivity index (χ0v) is 16.0. The fourth-order valence-electron chi connectivity index (χ4n) is 2.42. The maximum absolute atomic E-state index is 13.0. The van der Waals surface area contributed by atoms with Crippen molar-refractivity contribution in [3.05, 3.63) is 75.6 Å². The smallest absolute Gasteiger partial charge is 0.270 e. The van der Waals surface area contributed by atoms with Gasteiger partial charge in [0, 0.05) is 24.2 Å². The Bertz CT molecular complexity index is 845. The van der Waals surface area contributed by atoms with Crippen molar-refractivity contribution in [1.82, 2.24) is 10.6 Å². The van der Waals surface area contributed by atoms with Gasteiger partial charge in [-0.15, -0.1) is 0 Å². The zero-order valence-electron chi connectivity index (χ0n) is 15.2. The van der Waals surface area contributed by atoms with E-state index in [1.807, 2.05) is 6.26 Å². The molecule has 0 saturated heterocycles. The van der Waals surface area contributed by atoms with Crippen LogP contribution >= 0.6 is 11.8 Å². The molecule has 0 radical (unpaired) electrons. The molecule has 0 aliphatic carbocycles. The van der Waals surface area contributed by atoms with Crippen molar-refractivity contribution in [1.29, 1.82) is 0 Å². The molecule has 0 unspecified atom stereocenters. The van der Waals surface area contributed by atoms with Crippen molar-refractivity contribution in [3.8, 4) is 0 Å². The first-order valence-corrected chi connectivity index (χ1v) is 9.86. The van der Waals surface area contributed by atoms with Crippen LogP contribution in [0.1, 0.15) is 22.3 Å². The third kappa shape index (κ3) is 6.34. The van der Waals surface area contributed by atoms with E-state index < -0.39 is 16.9 Å². The summed E-state index contributed by atoms with van der Waals surface area (Å²) in [5.41, 5.74) is 0.632. The van der Waals surface area contributed by atoms with Crippen molar-refractivity contribution in [3.63, 3.8) is 0 Å². The first kappa shape index (κ1) is 21.4. The number of hydrogen-bond donors (Lipinski definition) is 2. The summed E-state index contributed by atoms with van der Waals surface area (Å²) in [6, 6.07) is 10.3. The van der Waals surface area contributed by atoms with E-state index in [0.29, 0.717) is 12.2 Å². The third-order valence-electron chi connectivity index (χ3n) is 3.93. The van der Waals surface area contributed by atoms with E-state index in [0.717, 1.165) is 11.6 Å². The molecule has 2 rings (SSSR count). The van der Waals surface area contributed by atoms with Crippen LogP contribution in [-0.4, -0.2) is 34.8 Å². The molecule has 0 bridgehead atoms. The minimum atomic E-state index is -0.792. The molecule has 0 saturated carbocycles. The summed E-state index contributed by atoms with van der Waals surface area (Å²) in [5, 5.41) is 16.2. The van der Waals surface area contributed by atoms with Gasteiger partial charge in [0.05, 0.1) is 4.92 Å². The molecule has 0 aromatic heterocycles. The highest BCUT2D eigenvalue weighted by Crippen LogP contribution is 2.13. The Labute approximate surface area is 165 Å². The Hall–Kier alpha value is -2.94. The van der Waals surface area contributed by atoms with Crippen LogP contribution in [0.4, 0.5) is 10.1 Å². The summed E-state index contributed by atoms with van der Waals surface area (Å²) in [6.45, 7) is 0.196. The van der Waals surface area contributed by atoms with Crippen LogP contribution in [0.2, 0.25) is 0 Å². The molecule has 2 aromatic rings. The zero-order chi connectivity index (χ0) is 20.5. The van der Waals surface area contributed by atoms with E-state index in [4.69, 9.17) is 0 Å². The van der Waals surface area contributed by atoms with Crippen LogP contribution in [-0.2, 0) is 11.3 Å². The van der Waals surface area contributed by atoms with Gasteiger partial charge in [-0.3, -0.25) is 19.7 Å². The lowest BCUT2D eigenvalue weighted by Gasteiger charge is -2.18. The lowest BCUT2D eigenvalue weighted by molar-refractivity contribution is -0.384. The van der Waals surface area contributed by atoms with Gasteiger partial charge in [-0.05, 0) is 42.2 Å². The van der Waals surface area contributed by atoms with Gasteiger partial charge in [-0.25, -0.2) is 4.39 Å². The summed E-state index contributed by atoms with van der Waals surface area (Å²) < 4.78 is 13.0. The molecule has 9 heteroatoms. The van der Waals surface area contributed by atoms with Crippen LogP contribution in [0, 0.1) is 15.9 Å². The Morgan fingerprint density at radius 1 is 1.21 bits per heavy atom. The van der Waals surface area contributed by atoms with Gasteiger partial charge in [-0.2, -0.15) is 11.8 Å². The average molecular weight is 405 g/mol. The topological polar surface area (TPSA) is 101 Å². The predicted octanol–water partition coefficient (Wildman–Crippen LogP) is 2.90. The number of benzene rings is 2. The molecule has 2 N–H and O–H groups in total. The van der Waals surface area contributed by atoms with Crippen molar-refractivity contribution in [2.75, 3.05) is 12.0 Å². The fourth-order valence-corrected chi connectivity index (χ4v) is 2.89. The van der Waals surface area contributed by atoms with Gasteiger partial charge in [0.15, 0.2) is 0 Å². The molecule has 148 valence electrons. The molecule has 28 heavy (non-hydrogen) atoms. The standard InChI is InChI=1S/C19H20FN3O4S/c1-28-10-9-17(19(25)21-12-13-5-7-15(20)8-6-13)22-18(24)14-3-2-4-16(11-14)23(26)27/h2-8,11,17H,9-10,12H2,1H3,(H,21,25)(H,22,24)/t17-/m1/s1. The first-order valence-electron chi connectivity index (χ1n) is 8.47. The third-order valence-corrected chi connectivity index (χ3v) is 4.58. The van der Waals surface area contributed by atoms with Crippen LogP contribution in [0.3, 0.4) is 0 Å². The maximum Gasteiger partial charge on any atom is 0.270 e. The number of carbonyl (C=O) groups is 2. The number of rotatable bonds is 9. The second kappa shape index (κ2) is 10.4. The number of thioether (sulfide) groups is 1. The van der Waals surface area contributed by atoms with Gasteiger partial charge in [0.2, 0.25) is 5.91 Å². The molecule has 2 amide bonds. The molecule has 1 atom stereocenters. The van der Waals surface area contributed by atoms with Gasteiger partial charge >= 0.3 is 0 Å². The van der Waals surface area contributed by atoms with Gasteiger partial charge in [-0.1, -0.05) is 18.2 Å². The Morgan fingerprint density at radius 2 is 1.93 bits per heavy atom. The molecule has 0 aliphatic heterocycles. The summed E-state index contributed by atoms with van der Waals surface area (Å²) in [5.74, 6) is -0.662. The molecule has 0 fully saturated rings. The minimum Gasteiger partial charge on any atom is -0.350 e. The number of nitrogens with zero attached hydrogens (tertiary/aromatic N) is 1. The van der Waals surface area contributed by atoms with Gasteiger partial charge in [0.25, 0.3) is 11.6 Å². The molecule has 0 heterocycles. The fraction of sp³-hybridized carbons (Fsp3) is 0.263. The van der Waals surface area contributed by atoms with Crippen molar-refractivity contribution in [2.24, 2.45) is 0 Å². The van der Waals surface area contributed by atoms with E-state index in [1.54, 1.807) is 12.1 Å². The Morgan fingerprint density at radius 3 is 2.57 bits per heavy atom. The Balaban J connectivity index is 2.03. The van der Waals surface area contributed by atoms with Crippen LogP contribution in [0.5, 0.6) is 0 Å². The monoisotopic (exact) mass is 405 g/mol. The number of nitro groups is 1. The van der Waals surface area contributed by atoms with Crippen LogP contribution < -0.4 is 10.6 Å². The number of carbonyl (C=O) groups excluding carboxylic acids is 2. The SMILES string of the molecule is CSCC[C@@H](NC(=O)c1cccc([N+](=O)[O-])c1)C(=O)NCc1ccc(F)cc1. The molecule has 7 nitrogen and oxygen atoms in total. The van der Waals surface area contributed by atoms with Gasteiger partial charge in [0.1, 0.15) is 11.9 Å². The minimum absolute atomic E-state index is 0.106. The maximum atomic E-state index is 13.0. The van der Waals surface area contributed by atoms with E-state index in [1.165, 1.54) is 42.1 Å². The summed E-state index contributed by atoms with van der Waals surface area (Å²) in [4.78, 5) is 35.2. The predicted molar refractivity (Wildman–Crippen MR) is 106 cm³/mol. The lowest BCUT2D eigenvalue weighted by Crippen LogP contribution is -2.46. The highest BCUT2D eigenvalue weighted by molar-refractivity contribution is 7.98. The highest BCUT2D eigenvalue weighted by Gasteiger charge is 2.22. The van der Waals surface area contributed by atoms with Crippen LogP contribution in [0.25, 0.3) is 0 Å². The average Bonchev–Trinajstić information content (AvgIpc) is 2.70. The number of hydrogen-bond acceptors (Lipinski definition) is 5. The summed E-state index contributed by atoms with van der Waals surface area (Å²) in [6.07, 6.45) is 2.28. The molecule has 0 aliphatic rings. The number of non-ortho nitro benzene ring substituents is 1. The van der Waals surface area contributed by atoms with Crippen molar-refractivity contribution in [2.45, 2.75) is 19.0 Å². The van der Waals surface area contributed by atoms with E-state index in [2.05, 4.69) is 10.6 Å². The summed E-state index contributed by atoms with van der Waals surface area (Å²) in [7, 11) is 0. The second-order valence-corrected chi connectivity index (χ2v) is 6.94. The largest absolute Gasteiger partial charge is 0.350 e. The normalized spacial score (nSPS) is 11.5. The molecular formula is C19H20FN3O4S. The summed E-state index contributed by atoms with van der Waals surface area (Å²) >= 11 is 1.53. The van der Waals surface area contributed by atoms with E-state index >= 15 is 0 Å². The number of nitrogens with one attached hydrogen (secondary N) is 2.